The van der Waals surface area contributed by atoms with Crippen molar-refractivity contribution in [2.75, 3.05) is 25.0 Å². The van der Waals surface area contributed by atoms with E-state index in [1.165, 1.54) is 4.90 Å². The van der Waals surface area contributed by atoms with Crippen LogP contribution in [0.1, 0.15) is 34.0 Å². The third-order valence-corrected chi connectivity index (χ3v) is 5.96. The molecule has 2 amide bonds. The van der Waals surface area contributed by atoms with Crippen LogP contribution >= 0.6 is 0 Å². The Bertz CT molecular complexity index is 1190. The maximum absolute atomic E-state index is 12.6. The Kier molecular flexibility index (Phi) is 5.25. The number of amides is 2. The lowest BCUT2D eigenvalue weighted by Gasteiger charge is -2.37. The van der Waals surface area contributed by atoms with Gasteiger partial charge in [-0.25, -0.2) is 9.42 Å². The number of carbonyl (C=O) groups is 3. The summed E-state index contributed by atoms with van der Waals surface area (Å²) in [5, 5.41) is 18.4. The van der Waals surface area contributed by atoms with Crippen LogP contribution in [0.3, 0.4) is 0 Å². The lowest BCUT2D eigenvalue weighted by molar-refractivity contribution is -0.139. The fraction of sp³-hybridized carbons (Fsp3) is 0.261. The molecule has 0 unspecified atom stereocenters. The van der Waals surface area contributed by atoms with Crippen molar-refractivity contribution in [2.45, 2.75) is 12.3 Å². The summed E-state index contributed by atoms with van der Waals surface area (Å²) in [7, 11) is 0. The largest absolute Gasteiger partial charge is 0.481 e. The summed E-state index contributed by atoms with van der Waals surface area (Å²) in [6.07, 6.45) is -0.792. The molecular formula is C23H20N4O6. The molecule has 5 rings (SSSR count). The molecule has 1 saturated heterocycles. The second-order valence-corrected chi connectivity index (χ2v) is 8.09. The molecule has 1 aliphatic carbocycles. The first kappa shape index (κ1) is 20.7. The van der Waals surface area contributed by atoms with Crippen LogP contribution in [-0.4, -0.2) is 58.0 Å². The quantitative estimate of drug-likeness (QED) is 0.588. The number of nitrogens with zero attached hydrogens (tertiary/aromatic N) is 3. The molecule has 0 radical (unpaired) electrons. The van der Waals surface area contributed by atoms with E-state index in [2.05, 4.69) is 20.3 Å². The van der Waals surface area contributed by atoms with E-state index in [4.69, 9.17) is 9.84 Å². The van der Waals surface area contributed by atoms with Crippen LogP contribution in [0.2, 0.25) is 0 Å². The van der Waals surface area contributed by atoms with Gasteiger partial charge in [0.1, 0.15) is 6.61 Å². The second-order valence-electron chi connectivity index (χ2n) is 8.09. The first-order valence-corrected chi connectivity index (χ1v) is 10.5. The number of hydrogen-bond donors (Lipinski definition) is 2. The number of carboxylic acids is 1. The van der Waals surface area contributed by atoms with Crippen LogP contribution in [0, 0.1) is 5.92 Å². The molecule has 1 fully saturated rings. The number of nitrogens with one attached hydrogen (secondary N) is 1. The van der Waals surface area contributed by atoms with Crippen LogP contribution in [0.15, 0.2) is 53.2 Å². The molecule has 2 aliphatic rings. The van der Waals surface area contributed by atoms with Crippen molar-refractivity contribution in [2.24, 2.45) is 5.92 Å². The highest BCUT2D eigenvalue weighted by molar-refractivity contribution is 6.00. The number of anilines is 1. The molecule has 2 aromatic carbocycles. The molecular weight excluding hydrogens is 428 g/mol. The first-order chi connectivity index (χ1) is 16.0. The highest BCUT2D eigenvalue weighted by atomic mass is 16.6. The third-order valence-electron chi connectivity index (χ3n) is 5.96. The molecule has 0 spiro atoms. The highest BCUT2D eigenvalue weighted by Gasteiger charge is 2.36. The van der Waals surface area contributed by atoms with E-state index < -0.39 is 18.0 Å². The predicted molar refractivity (Wildman–Crippen MR) is 115 cm³/mol. The third kappa shape index (κ3) is 3.91. The van der Waals surface area contributed by atoms with Gasteiger partial charge >= 0.3 is 12.1 Å². The van der Waals surface area contributed by atoms with Gasteiger partial charge in [-0.05, 0) is 32.6 Å². The summed E-state index contributed by atoms with van der Waals surface area (Å²) in [5.41, 5.74) is 4.24. The number of likely N-dealkylation sites (tertiary alicyclic amines) is 1. The fourth-order valence-electron chi connectivity index (χ4n) is 4.40. The number of fused-ring (bicyclic) bond motifs is 3. The lowest BCUT2D eigenvalue weighted by atomic mass is 9.96. The molecule has 2 N–H and O–H groups in total. The Morgan fingerprint density at radius 1 is 1.03 bits per heavy atom. The van der Waals surface area contributed by atoms with E-state index in [-0.39, 0.29) is 36.4 Å². The summed E-state index contributed by atoms with van der Waals surface area (Å²) in [6, 6.07) is 16.0. The molecule has 10 heteroatoms. The summed E-state index contributed by atoms with van der Waals surface area (Å²) < 4.78 is 10.1. The van der Waals surface area contributed by atoms with Crippen molar-refractivity contribution in [1.82, 2.24) is 15.2 Å². The normalized spacial score (nSPS) is 14.8. The number of benzene rings is 2. The van der Waals surface area contributed by atoms with Crippen molar-refractivity contribution in [1.29, 1.82) is 0 Å². The van der Waals surface area contributed by atoms with Crippen LogP contribution in [0.25, 0.3) is 11.1 Å². The maximum Gasteiger partial charge on any atom is 0.412 e. The summed E-state index contributed by atoms with van der Waals surface area (Å²) >= 11 is 0. The molecule has 1 aromatic heterocycles. The van der Waals surface area contributed by atoms with Crippen LogP contribution < -0.4 is 5.32 Å². The Balaban J connectivity index is 1.22. The van der Waals surface area contributed by atoms with Crippen molar-refractivity contribution in [3.05, 3.63) is 65.4 Å². The summed E-state index contributed by atoms with van der Waals surface area (Å²) in [5.74, 6) is -1.75. The van der Waals surface area contributed by atoms with Gasteiger partial charge in [0.05, 0.1) is 6.42 Å². The smallest absolute Gasteiger partial charge is 0.412 e. The van der Waals surface area contributed by atoms with Gasteiger partial charge in [-0.15, -0.1) is 0 Å². The summed E-state index contributed by atoms with van der Waals surface area (Å²) in [4.78, 5) is 37.2. The highest BCUT2D eigenvalue weighted by Crippen LogP contribution is 2.44. The standard InChI is InChI=1S/C23H20N4O6/c28-19(29)9-13-10-27(11-13)22(30)20-21(26-33-25-20)24-23(31)32-12-18-16-7-3-1-5-14(16)15-6-2-4-8-17(15)18/h1-8,13,18H,9-12H2,(H,28,29)(H,24,26,31). The Morgan fingerprint density at radius 2 is 1.67 bits per heavy atom. The average molecular weight is 448 g/mol. The molecule has 33 heavy (non-hydrogen) atoms. The minimum atomic E-state index is -0.909. The number of hydrogen-bond acceptors (Lipinski definition) is 7. The van der Waals surface area contributed by atoms with Crippen molar-refractivity contribution < 1.29 is 28.9 Å². The van der Waals surface area contributed by atoms with E-state index in [9.17, 15) is 14.4 Å². The SMILES string of the molecule is O=C(O)CC1CN(C(=O)c2nonc2NC(=O)OCC2c3ccccc3-c3ccccc32)C1. The maximum atomic E-state index is 12.6. The van der Waals surface area contributed by atoms with Crippen LogP contribution in [-0.2, 0) is 9.53 Å². The van der Waals surface area contributed by atoms with Gasteiger partial charge in [-0.2, -0.15) is 0 Å². The number of ether oxygens (including phenoxy) is 1. The average Bonchev–Trinajstić information content (AvgIpc) is 3.36. The zero-order chi connectivity index (χ0) is 22.9. The van der Waals surface area contributed by atoms with Gasteiger partial charge in [0, 0.05) is 24.9 Å². The van der Waals surface area contributed by atoms with Crippen LogP contribution in [0.4, 0.5) is 10.6 Å². The monoisotopic (exact) mass is 448 g/mol. The zero-order valence-electron chi connectivity index (χ0n) is 17.4. The van der Waals surface area contributed by atoms with E-state index in [1.54, 1.807) is 0 Å². The molecule has 0 atom stereocenters. The van der Waals surface area contributed by atoms with Crippen LogP contribution in [0.5, 0.6) is 0 Å². The second kappa shape index (κ2) is 8.38. The Morgan fingerprint density at radius 3 is 2.30 bits per heavy atom. The molecule has 0 saturated carbocycles. The minimum Gasteiger partial charge on any atom is -0.481 e. The number of rotatable bonds is 6. The Hall–Kier alpha value is -4.21. The molecule has 2 heterocycles. The van der Waals surface area contributed by atoms with Gasteiger partial charge in [-0.3, -0.25) is 14.9 Å². The topological polar surface area (TPSA) is 135 Å². The summed E-state index contributed by atoms with van der Waals surface area (Å²) in [6.45, 7) is 0.697. The zero-order valence-corrected chi connectivity index (χ0v) is 17.4. The van der Waals surface area contributed by atoms with Gasteiger partial charge in [0.2, 0.25) is 11.5 Å². The predicted octanol–water partition coefficient (Wildman–Crippen LogP) is 2.98. The molecule has 3 aromatic rings. The number of carboxylic acid groups (broad SMARTS) is 1. The Labute approximate surface area is 188 Å². The lowest BCUT2D eigenvalue weighted by Crippen LogP contribution is -2.50. The van der Waals surface area contributed by atoms with E-state index in [1.807, 2.05) is 48.5 Å². The first-order valence-electron chi connectivity index (χ1n) is 10.5. The van der Waals surface area contributed by atoms with Crippen molar-refractivity contribution in [3.63, 3.8) is 0 Å². The number of aromatic nitrogens is 2. The van der Waals surface area contributed by atoms with Crippen molar-refractivity contribution >= 4 is 23.8 Å². The fourth-order valence-corrected chi connectivity index (χ4v) is 4.40. The van der Waals surface area contributed by atoms with E-state index in [0.717, 1.165) is 22.3 Å². The minimum absolute atomic E-state index is 0.00823. The molecule has 1 aliphatic heterocycles. The van der Waals surface area contributed by atoms with Crippen molar-refractivity contribution in [3.8, 4) is 11.1 Å². The van der Waals surface area contributed by atoms with Gasteiger partial charge in [0.15, 0.2) is 0 Å². The van der Waals surface area contributed by atoms with E-state index >= 15 is 0 Å². The number of aliphatic carboxylic acids is 1. The molecule has 168 valence electrons. The van der Waals surface area contributed by atoms with E-state index in [0.29, 0.717) is 13.1 Å². The number of carbonyl (C=O) groups excluding carboxylic acids is 2. The van der Waals surface area contributed by atoms with Gasteiger partial charge in [-0.1, -0.05) is 48.5 Å². The molecule has 0 bridgehead atoms. The van der Waals surface area contributed by atoms with Gasteiger partial charge < -0.3 is 14.7 Å². The van der Waals surface area contributed by atoms with Gasteiger partial charge in [0.25, 0.3) is 5.91 Å². The molecule has 10 nitrogen and oxygen atoms in total.